The average Bonchev–Trinajstić information content (AvgIpc) is 2.77. The van der Waals surface area contributed by atoms with Gasteiger partial charge in [-0.1, -0.05) is 12.1 Å². The van der Waals surface area contributed by atoms with Gasteiger partial charge in [-0.05, 0) is 32.9 Å². The molecule has 1 heterocycles. The van der Waals surface area contributed by atoms with E-state index in [2.05, 4.69) is 0 Å². The maximum atomic E-state index is 12.2. The Hall–Kier alpha value is -2.70. The summed E-state index contributed by atoms with van der Waals surface area (Å²) in [6, 6.07) is 5.89. The molecular formula is C16H17NO6. The summed E-state index contributed by atoms with van der Waals surface area (Å²) in [5.41, 5.74) is -0.796. The van der Waals surface area contributed by atoms with Gasteiger partial charge in [0.1, 0.15) is 5.60 Å². The van der Waals surface area contributed by atoms with Crippen LogP contribution in [-0.4, -0.2) is 34.4 Å². The molecule has 7 heteroatoms. The molecule has 0 spiro atoms. The van der Waals surface area contributed by atoms with Gasteiger partial charge in [0.25, 0.3) is 11.8 Å². The zero-order valence-corrected chi connectivity index (χ0v) is 13.1. The van der Waals surface area contributed by atoms with Crippen molar-refractivity contribution in [1.82, 2.24) is 5.06 Å². The largest absolute Gasteiger partial charge is 0.456 e. The monoisotopic (exact) mass is 319 g/mol. The van der Waals surface area contributed by atoms with Gasteiger partial charge in [0.15, 0.2) is 0 Å². The average molecular weight is 319 g/mol. The van der Waals surface area contributed by atoms with Crippen molar-refractivity contribution in [3.63, 3.8) is 0 Å². The van der Waals surface area contributed by atoms with E-state index in [9.17, 15) is 19.2 Å². The summed E-state index contributed by atoms with van der Waals surface area (Å²) in [5.74, 6) is -2.82. The maximum Gasteiger partial charge on any atom is 0.364 e. The van der Waals surface area contributed by atoms with E-state index in [1.165, 1.54) is 18.2 Å². The maximum absolute atomic E-state index is 12.2. The first kappa shape index (κ1) is 16.7. The van der Waals surface area contributed by atoms with Crippen LogP contribution in [0.2, 0.25) is 0 Å². The smallest absolute Gasteiger partial charge is 0.364 e. The van der Waals surface area contributed by atoms with E-state index in [-0.39, 0.29) is 24.0 Å². The van der Waals surface area contributed by atoms with Gasteiger partial charge in [-0.25, -0.2) is 9.59 Å². The highest BCUT2D eigenvalue weighted by Gasteiger charge is 2.34. The minimum absolute atomic E-state index is 0.000173. The van der Waals surface area contributed by atoms with Gasteiger partial charge >= 0.3 is 11.9 Å². The van der Waals surface area contributed by atoms with E-state index >= 15 is 0 Å². The molecule has 0 N–H and O–H groups in total. The van der Waals surface area contributed by atoms with E-state index in [0.29, 0.717) is 5.06 Å². The molecular weight excluding hydrogens is 302 g/mol. The van der Waals surface area contributed by atoms with Crippen LogP contribution < -0.4 is 0 Å². The van der Waals surface area contributed by atoms with Crippen molar-refractivity contribution in [1.29, 1.82) is 0 Å². The Bertz CT molecular complexity index is 657. The topological polar surface area (TPSA) is 90.0 Å². The molecule has 1 saturated heterocycles. The van der Waals surface area contributed by atoms with E-state index in [1.807, 2.05) is 0 Å². The van der Waals surface area contributed by atoms with Crippen molar-refractivity contribution in [2.45, 2.75) is 39.2 Å². The first-order valence-electron chi connectivity index (χ1n) is 7.09. The van der Waals surface area contributed by atoms with Crippen LogP contribution in [0.15, 0.2) is 24.3 Å². The second-order valence-electron chi connectivity index (χ2n) is 6.01. The predicted octanol–water partition coefficient (Wildman–Crippen LogP) is 1.86. The zero-order valence-electron chi connectivity index (χ0n) is 13.1. The lowest BCUT2D eigenvalue weighted by Crippen LogP contribution is -2.33. The normalized spacial score (nSPS) is 14.8. The number of hydrogen-bond donors (Lipinski definition) is 0. The molecule has 1 aromatic carbocycles. The van der Waals surface area contributed by atoms with Crippen molar-refractivity contribution < 1.29 is 28.8 Å². The molecule has 2 rings (SSSR count). The minimum atomic E-state index is -0.963. The van der Waals surface area contributed by atoms with Crippen molar-refractivity contribution in [3.8, 4) is 0 Å². The van der Waals surface area contributed by atoms with E-state index < -0.39 is 29.4 Å². The summed E-state index contributed by atoms with van der Waals surface area (Å²) in [4.78, 5) is 52.2. The van der Waals surface area contributed by atoms with Crippen LogP contribution in [0.25, 0.3) is 0 Å². The van der Waals surface area contributed by atoms with Gasteiger partial charge in [-0.3, -0.25) is 9.59 Å². The predicted molar refractivity (Wildman–Crippen MR) is 78.1 cm³/mol. The third kappa shape index (κ3) is 3.94. The number of carbonyl (C=O) groups is 4. The lowest BCUT2D eigenvalue weighted by atomic mass is 10.1. The molecule has 0 saturated carbocycles. The number of benzene rings is 1. The van der Waals surface area contributed by atoms with Crippen LogP contribution in [0.3, 0.4) is 0 Å². The summed E-state index contributed by atoms with van der Waals surface area (Å²) in [7, 11) is 0. The van der Waals surface area contributed by atoms with Gasteiger partial charge in [-0.2, -0.15) is 0 Å². The Labute approximate surface area is 133 Å². The third-order valence-corrected chi connectivity index (χ3v) is 2.95. The number of ether oxygens (including phenoxy) is 1. The number of amides is 2. The molecule has 7 nitrogen and oxygen atoms in total. The molecule has 0 aliphatic carbocycles. The number of carbonyl (C=O) groups excluding carboxylic acids is 4. The Kier molecular flexibility index (Phi) is 4.49. The summed E-state index contributed by atoms with van der Waals surface area (Å²) >= 11 is 0. The van der Waals surface area contributed by atoms with Crippen LogP contribution in [0.1, 0.15) is 54.3 Å². The second-order valence-corrected chi connectivity index (χ2v) is 6.01. The SMILES string of the molecule is CC(C)(C)OC(=O)c1ccccc1C(=O)ON1C(=O)CCC1=O. The molecule has 0 aromatic heterocycles. The number of hydrogen-bond acceptors (Lipinski definition) is 6. The number of imide groups is 1. The molecule has 1 fully saturated rings. The molecule has 23 heavy (non-hydrogen) atoms. The fraction of sp³-hybridized carbons (Fsp3) is 0.375. The number of hydroxylamine groups is 2. The van der Waals surface area contributed by atoms with Crippen LogP contribution in [0, 0.1) is 0 Å². The van der Waals surface area contributed by atoms with Gasteiger partial charge in [0.2, 0.25) is 0 Å². The standard InChI is InChI=1S/C16H17NO6/c1-16(2,3)22-14(20)10-6-4-5-7-11(10)15(21)23-17-12(18)8-9-13(17)19/h4-7H,8-9H2,1-3H3. The van der Waals surface area contributed by atoms with Crippen LogP contribution >= 0.6 is 0 Å². The Morgan fingerprint density at radius 1 is 0.957 bits per heavy atom. The van der Waals surface area contributed by atoms with Gasteiger partial charge in [0, 0.05) is 12.8 Å². The molecule has 1 aliphatic rings. The second kappa shape index (κ2) is 6.20. The highest BCUT2D eigenvalue weighted by molar-refractivity contribution is 6.06. The lowest BCUT2D eigenvalue weighted by molar-refractivity contribution is -0.172. The van der Waals surface area contributed by atoms with Crippen LogP contribution in [0.5, 0.6) is 0 Å². The van der Waals surface area contributed by atoms with E-state index in [4.69, 9.17) is 9.57 Å². The van der Waals surface area contributed by atoms with Crippen molar-refractivity contribution in [3.05, 3.63) is 35.4 Å². The van der Waals surface area contributed by atoms with Gasteiger partial charge in [-0.15, -0.1) is 5.06 Å². The van der Waals surface area contributed by atoms with Crippen LogP contribution in [0.4, 0.5) is 0 Å². The Balaban J connectivity index is 2.23. The van der Waals surface area contributed by atoms with Gasteiger partial charge < -0.3 is 9.57 Å². The third-order valence-electron chi connectivity index (χ3n) is 2.95. The molecule has 0 radical (unpaired) electrons. The summed E-state index contributed by atoms with van der Waals surface area (Å²) in [6.45, 7) is 5.11. The fourth-order valence-electron chi connectivity index (χ4n) is 1.96. The number of rotatable bonds is 3. The van der Waals surface area contributed by atoms with Gasteiger partial charge in [0.05, 0.1) is 11.1 Å². The Morgan fingerprint density at radius 3 is 1.91 bits per heavy atom. The quantitative estimate of drug-likeness (QED) is 0.624. The van der Waals surface area contributed by atoms with E-state index in [0.717, 1.165) is 0 Å². The summed E-state index contributed by atoms with van der Waals surface area (Å²) < 4.78 is 5.23. The van der Waals surface area contributed by atoms with Crippen molar-refractivity contribution in [2.24, 2.45) is 0 Å². The molecule has 122 valence electrons. The summed E-state index contributed by atoms with van der Waals surface area (Å²) in [6.07, 6.45) is -0.000345. The summed E-state index contributed by atoms with van der Waals surface area (Å²) in [5, 5.41) is 0.439. The molecule has 1 aromatic rings. The molecule has 0 bridgehead atoms. The van der Waals surface area contributed by atoms with Crippen molar-refractivity contribution >= 4 is 23.8 Å². The highest BCUT2D eigenvalue weighted by atomic mass is 16.7. The highest BCUT2D eigenvalue weighted by Crippen LogP contribution is 2.19. The molecule has 1 aliphatic heterocycles. The molecule has 0 atom stereocenters. The fourth-order valence-corrected chi connectivity index (χ4v) is 1.96. The number of esters is 1. The molecule has 0 unspecified atom stereocenters. The molecule has 2 amide bonds. The zero-order chi connectivity index (χ0) is 17.2. The first-order chi connectivity index (χ1) is 10.7. The number of nitrogens with zero attached hydrogens (tertiary/aromatic N) is 1. The Morgan fingerprint density at radius 2 is 1.43 bits per heavy atom. The van der Waals surface area contributed by atoms with E-state index in [1.54, 1.807) is 26.8 Å². The lowest BCUT2D eigenvalue weighted by Gasteiger charge is -2.20. The minimum Gasteiger partial charge on any atom is -0.456 e. The van der Waals surface area contributed by atoms with Crippen LogP contribution in [-0.2, 0) is 19.2 Å². The first-order valence-corrected chi connectivity index (χ1v) is 7.09. The van der Waals surface area contributed by atoms with Crippen molar-refractivity contribution in [2.75, 3.05) is 0 Å².